The van der Waals surface area contributed by atoms with E-state index in [2.05, 4.69) is 48.4 Å². The molecular weight excluding hydrogens is 264 g/mol. The smallest absolute Gasteiger partial charge is 0.141 e. The molecule has 0 fully saturated rings. The molecule has 1 rings (SSSR count). The van der Waals surface area contributed by atoms with Gasteiger partial charge >= 0.3 is 0 Å². The van der Waals surface area contributed by atoms with Crippen molar-refractivity contribution < 1.29 is 5.21 Å². The van der Waals surface area contributed by atoms with Crippen LogP contribution in [0.5, 0.6) is 0 Å². The quantitative estimate of drug-likeness (QED) is 0.282. The Morgan fingerprint density at radius 1 is 1.38 bits per heavy atom. The predicted octanol–water partition coefficient (Wildman–Crippen LogP) is 2.18. The average molecular weight is 292 g/mol. The van der Waals surface area contributed by atoms with Crippen molar-refractivity contribution in [3.8, 4) is 0 Å². The Kier molecular flexibility index (Phi) is 7.79. The SMILES string of the molecule is CCC(C)N(C)CCNC(C/C(N)=N/O)c1ccccc1. The van der Waals surface area contributed by atoms with E-state index in [1.807, 2.05) is 18.2 Å². The Morgan fingerprint density at radius 2 is 2.05 bits per heavy atom. The number of amidine groups is 1. The lowest BCUT2D eigenvalue weighted by atomic mass is 10.0. The number of rotatable bonds is 9. The Morgan fingerprint density at radius 3 is 2.62 bits per heavy atom. The molecule has 4 N–H and O–H groups in total. The minimum Gasteiger partial charge on any atom is -0.409 e. The van der Waals surface area contributed by atoms with E-state index >= 15 is 0 Å². The van der Waals surface area contributed by atoms with Crippen molar-refractivity contribution in [3.63, 3.8) is 0 Å². The maximum atomic E-state index is 8.78. The molecule has 0 bridgehead atoms. The number of hydrogen-bond donors (Lipinski definition) is 3. The number of likely N-dealkylation sites (N-methyl/N-ethyl adjacent to an activating group) is 1. The molecular formula is C16H28N4O. The van der Waals surface area contributed by atoms with Gasteiger partial charge in [-0.25, -0.2) is 0 Å². The van der Waals surface area contributed by atoms with Crippen LogP contribution in [0.3, 0.4) is 0 Å². The van der Waals surface area contributed by atoms with Gasteiger partial charge in [0.15, 0.2) is 0 Å². The van der Waals surface area contributed by atoms with Gasteiger partial charge in [0, 0.05) is 31.6 Å². The summed E-state index contributed by atoms with van der Waals surface area (Å²) in [5.41, 5.74) is 6.81. The molecule has 1 aromatic rings. The highest BCUT2D eigenvalue weighted by molar-refractivity contribution is 5.80. The first kappa shape index (κ1) is 17.5. The first-order chi connectivity index (χ1) is 10.1. The molecule has 5 heteroatoms. The molecule has 0 aliphatic heterocycles. The fourth-order valence-corrected chi connectivity index (χ4v) is 2.19. The first-order valence-electron chi connectivity index (χ1n) is 7.53. The summed E-state index contributed by atoms with van der Waals surface area (Å²) >= 11 is 0. The lowest BCUT2D eigenvalue weighted by molar-refractivity contribution is 0.248. The normalized spacial score (nSPS) is 15.1. The van der Waals surface area contributed by atoms with Crippen LogP contribution in [0.15, 0.2) is 35.5 Å². The summed E-state index contributed by atoms with van der Waals surface area (Å²) in [5, 5.41) is 15.4. The third-order valence-corrected chi connectivity index (χ3v) is 3.94. The summed E-state index contributed by atoms with van der Waals surface area (Å²) < 4.78 is 0. The fraction of sp³-hybridized carbons (Fsp3) is 0.562. The Bertz CT molecular complexity index is 422. The lowest BCUT2D eigenvalue weighted by Crippen LogP contribution is -2.37. The van der Waals surface area contributed by atoms with Crippen molar-refractivity contribution in [2.45, 2.75) is 38.8 Å². The Balaban J connectivity index is 2.58. The number of nitrogens with two attached hydrogens (primary N) is 1. The van der Waals surface area contributed by atoms with Crippen LogP contribution >= 0.6 is 0 Å². The van der Waals surface area contributed by atoms with Crippen molar-refractivity contribution in [2.24, 2.45) is 10.9 Å². The molecule has 118 valence electrons. The Labute approximate surface area is 127 Å². The molecule has 1 aromatic carbocycles. The molecule has 2 atom stereocenters. The molecule has 0 heterocycles. The van der Waals surface area contributed by atoms with Crippen LogP contribution in [0.4, 0.5) is 0 Å². The van der Waals surface area contributed by atoms with Crippen molar-refractivity contribution in [2.75, 3.05) is 20.1 Å². The monoisotopic (exact) mass is 292 g/mol. The van der Waals surface area contributed by atoms with Gasteiger partial charge in [0.1, 0.15) is 5.84 Å². The number of nitrogens with one attached hydrogen (secondary N) is 1. The van der Waals surface area contributed by atoms with E-state index < -0.39 is 0 Å². The Hall–Kier alpha value is -1.59. The van der Waals surface area contributed by atoms with Gasteiger partial charge in [-0.1, -0.05) is 42.4 Å². The van der Waals surface area contributed by atoms with Crippen molar-refractivity contribution >= 4 is 5.84 Å². The van der Waals surface area contributed by atoms with E-state index in [0.29, 0.717) is 12.5 Å². The van der Waals surface area contributed by atoms with E-state index in [4.69, 9.17) is 10.9 Å². The molecule has 0 saturated heterocycles. The third-order valence-electron chi connectivity index (χ3n) is 3.94. The minimum absolute atomic E-state index is 0.0624. The summed E-state index contributed by atoms with van der Waals surface area (Å²) in [6.07, 6.45) is 1.64. The van der Waals surface area contributed by atoms with Crippen molar-refractivity contribution in [3.05, 3.63) is 35.9 Å². The molecule has 0 aromatic heterocycles. The first-order valence-corrected chi connectivity index (χ1v) is 7.53. The third kappa shape index (κ3) is 6.14. The van der Waals surface area contributed by atoms with Gasteiger partial charge in [-0.15, -0.1) is 0 Å². The summed E-state index contributed by atoms with van der Waals surface area (Å²) in [5.74, 6) is 0.242. The number of hydrogen-bond acceptors (Lipinski definition) is 4. The summed E-state index contributed by atoms with van der Waals surface area (Å²) in [7, 11) is 2.14. The van der Waals surface area contributed by atoms with Crippen LogP contribution in [0.1, 0.15) is 38.3 Å². The van der Waals surface area contributed by atoms with Gasteiger partial charge in [-0.2, -0.15) is 0 Å². The maximum absolute atomic E-state index is 8.78. The molecule has 0 amide bonds. The average Bonchev–Trinajstić information content (AvgIpc) is 2.53. The topological polar surface area (TPSA) is 73.9 Å². The van der Waals surface area contributed by atoms with Crippen LogP contribution in [-0.2, 0) is 0 Å². The molecule has 2 unspecified atom stereocenters. The molecule has 0 saturated carbocycles. The number of nitrogens with zero attached hydrogens (tertiary/aromatic N) is 2. The standard InChI is InChI=1S/C16H28N4O/c1-4-13(2)20(3)11-10-18-15(12-16(17)19-21)14-8-6-5-7-9-14/h5-9,13,15,18,21H,4,10-12H2,1-3H3,(H2,17,19). The van der Waals surface area contributed by atoms with E-state index in [0.717, 1.165) is 25.1 Å². The zero-order valence-corrected chi connectivity index (χ0v) is 13.3. The molecule has 0 radical (unpaired) electrons. The van der Waals surface area contributed by atoms with Crippen LogP contribution in [-0.4, -0.2) is 42.1 Å². The summed E-state index contributed by atoms with van der Waals surface area (Å²) in [4.78, 5) is 2.33. The van der Waals surface area contributed by atoms with Gasteiger partial charge in [-0.3, -0.25) is 0 Å². The van der Waals surface area contributed by atoms with Gasteiger partial charge in [0.2, 0.25) is 0 Å². The number of oxime groups is 1. The largest absolute Gasteiger partial charge is 0.409 e. The van der Waals surface area contributed by atoms with Gasteiger partial charge in [-0.05, 0) is 26.0 Å². The molecule has 21 heavy (non-hydrogen) atoms. The summed E-state index contributed by atoms with van der Waals surface area (Å²) in [6.45, 7) is 6.25. The molecule has 0 aliphatic carbocycles. The minimum atomic E-state index is 0.0624. The van der Waals surface area contributed by atoms with Crippen LogP contribution in [0.2, 0.25) is 0 Å². The van der Waals surface area contributed by atoms with E-state index in [1.165, 1.54) is 0 Å². The second-order valence-corrected chi connectivity index (χ2v) is 5.45. The maximum Gasteiger partial charge on any atom is 0.141 e. The second kappa shape index (κ2) is 9.37. The zero-order chi connectivity index (χ0) is 15.7. The van der Waals surface area contributed by atoms with E-state index in [-0.39, 0.29) is 11.9 Å². The van der Waals surface area contributed by atoms with Crippen LogP contribution < -0.4 is 11.1 Å². The van der Waals surface area contributed by atoms with Gasteiger partial charge in [0.25, 0.3) is 0 Å². The van der Waals surface area contributed by atoms with E-state index in [9.17, 15) is 0 Å². The summed E-state index contributed by atoms with van der Waals surface area (Å²) in [6, 6.07) is 10.7. The van der Waals surface area contributed by atoms with Crippen LogP contribution in [0, 0.1) is 0 Å². The second-order valence-electron chi connectivity index (χ2n) is 5.45. The van der Waals surface area contributed by atoms with Crippen molar-refractivity contribution in [1.29, 1.82) is 0 Å². The van der Waals surface area contributed by atoms with Crippen LogP contribution in [0.25, 0.3) is 0 Å². The molecule has 5 nitrogen and oxygen atoms in total. The predicted molar refractivity (Wildman–Crippen MR) is 87.6 cm³/mol. The molecule has 0 spiro atoms. The highest BCUT2D eigenvalue weighted by Crippen LogP contribution is 2.16. The zero-order valence-electron chi connectivity index (χ0n) is 13.3. The van der Waals surface area contributed by atoms with E-state index in [1.54, 1.807) is 0 Å². The fourth-order valence-electron chi connectivity index (χ4n) is 2.19. The van der Waals surface area contributed by atoms with Gasteiger partial charge in [0.05, 0.1) is 0 Å². The highest BCUT2D eigenvalue weighted by atomic mass is 16.4. The number of benzene rings is 1. The lowest BCUT2D eigenvalue weighted by Gasteiger charge is -2.25. The van der Waals surface area contributed by atoms with Crippen molar-refractivity contribution in [1.82, 2.24) is 10.2 Å². The highest BCUT2D eigenvalue weighted by Gasteiger charge is 2.14. The van der Waals surface area contributed by atoms with Gasteiger partial charge < -0.3 is 21.2 Å². The molecule has 0 aliphatic rings.